The van der Waals surface area contributed by atoms with Crippen molar-refractivity contribution in [3.8, 4) is 0 Å². The first-order valence-corrected chi connectivity index (χ1v) is 8.16. The lowest BCUT2D eigenvalue weighted by Crippen LogP contribution is -2.39. The topological polar surface area (TPSA) is 77.1 Å². The summed E-state index contributed by atoms with van der Waals surface area (Å²) in [6.45, 7) is -2.51. The number of alkyl halides is 6. The molecule has 0 atom stereocenters. The zero-order valence-electron chi connectivity index (χ0n) is 15.6. The molecule has 0 spiro atoms. The molecule has 1 aromatic carbocycles. The number of rotatable bonds is 5. The van der Waals surface area contributed by atoms with E-state index in [-0.39, 0.29) is 11.3 Å². The number of carbonyl (C=O) groups excluding carboxylic acids is 2. The van der Waals surface area contributed by atoms with Gasteiger partial charge in [-0.15, -0.1) is 0 Å². The predicted molar refractivity (Wildman–Crippen MR) is 90.3 cm³/mol. The van der Waals surface area contributed by atoms with Gasteiger partial charge in [0.1, 0.15) is 19.0 Å². The number of nitrogens with one attached hydrogen (secondary N) is 1. The molecule has 166 valence electrons. The Labute approximate surface area is 166 Å². The number of carbonyl (C=O) groups is 2. The Morgan fingerprint density at radius 1 is 1.10 bits per heavy atom. The van der Waals surface area contributed by atoms with E-state index in [0.29, 0.717) is 12.1 Å². The van der Waals surface area contributed by atoms with Crippen LogP contribution in [0.25, 0.3) is 0 Å². The van der Waals surface area contributed by atoms with Gasteiger partial charge in [0, 0.05) is 0 Å². The molecule has 0 saturated heterocycles. The molecule has 0 unspecified atom stereocenters. The first-order valence-electron chi connectivity index (χ1n) is 8.16. The van der Waals surface area contributed by atoms with E-state index in [1.54, 1.807) is 0 Å². The maximum Gasteiger partial charge on any atom is 0.416 e. The summed E-state index contributed by atoms with van der Waals surface area (Å²) >= 11 is 0. The number of anilines is 2. The zero-order chi connectivity index (χ0) is 22.7. The van der Waals surface area contributed by atoms with Crippen LogP contribution in [0.2, 0.25) is 0 Å². The quantitative estimate of drug-likeness (QED) is 0.555. The monoisotopic (exact) mass is 442 g/mol. The molecule has 0 aliphatic carbocycles. The van der Waals surface area contributed by atoms with Crippen LogP contribution in [0, 0.1) is 0 Å². The van der Waals surface area contributed by atoms with Crippen molar-refractivity contribution in [2.45, 2.75) is 12.4 Å². The highest BCUT2D eigenvalue weighted by molar-refractivity contribution is 6.04. The molecular weight excluding hydrogens is 426 g/mol. The van der Waals surface area contributed by atoms with Gasteiger partial charge >= 0.3 is 24.3 Å². The zero-order valence-corrected chi connectivity index (χ0v) is 15.6. The van der Waals surface area contributed by atoms with E-state index in [0.717, 1.165) is 25.2 Å². The fourth-order valence-electron chi connectivity index (χ4n) is 2.61. The van der Waals surface area contributed by atoms with E-state index >= 15 is 0 Å². The van der Waals surface area contributed by atoms with Crippen molar-refractivity contribution in [1.82, 2.24) is 0 Å². The van der Waals surface area contributed by atoms with E-state index in [4.69, 9.17) is 4.74 Å². The van der Waals surface area contributed by atoms with Gasteiger partial charge in [0.15, 0.2) is 0 Å². The summed E-state index contributed by atoms with van der Waals surface area (Å²) in [6.07, 6.45) is -9.50. The molecule has 1 aliphatic heterocycles. The molecular formula is C17H16F6N2O5. The number of ether oxygens (including phenoxy) is 3. The molecule has 0 amide bonds. The highest BCUT2D eigenvalue weighted by atomic mass is 19.4. The van der Waals surface area contributed by atoms with Crippen molar-refractivity contribution in [3.05, 3.63) is 35.0 Å². The number of hydrogen-bond acceptors (Lipinski definition) is 7. The van der Waals surface area contributed by atoms with Crippen LogP contribution in [-0.2, 0) is 30.0 Å². The van der Waals surface area contributed by atoms with Crippen LogP contribution >= 0.6 is 0 Å². The van der Waals surface area contributed by atoms with Gasteiger partial charge < -0.3 is 24.4 Å². The van der Waals surface area contributed by atoms with E-state index in [1.807, 2.05) is 5.32 Å². The van der Waals surface area contributed by atoms with Gasteiger partial charge in [-0.25, -0.2) is 9.59 Å². The summed E-state index contributed by atoms with van der Waals surface area (Å²) in [7, 11) is 1.97. The highest BCUT2D eigenvalue weighted by Crippen LogP contribution is 2.38. The fraction of sp³-hybridized carbons (Fsp3) is 0.412. The number of esters is 2. The largest absolute Gasteiger partial charge is 0.466 e. The van der Waals surface area contributed by atoms with Gasteiger partial charge in [-0.05, 0) is 18.2 Å². The minimum absolute atomic E-state index is 0.366. The van der Waals surface area contributed by atoms with Crippen LogP contribution in [-0.4, -0.2) is 52.2 Å². The van der Waals surface area contributed by atoms with Crippen LogP contribution in [0.3, 0.4) is 0 Å². The summed E-state index contributed by atoms with van der Waals surface area (Å²) in [5.74, 6) is -2.13. The molecule has 7 nitrogen and oxygen atoms in total. The second kappa shape index (κ2) is 8.81. The molecule has 0 fully saturated rings. The lowest BCUT2D eigenvalue weighted by atomic mass is 10.1. The summed E-state index contributed by atoms with van der Waals surface area (Å²) in [4.78, 5) is 25.1. The third-order valence-electron chi connectivity index (χ3n) is 3.93. The van der Waals surface area contributed by atoms with E-state index < -0.39 is 61.1 Å². The summed E-state index contributed by atoms with van der Waals surface area (Å²) in [6, 6.07) is 1.90. The van der Waals surface area contributed by atoms with Crippen LogP contribution in [0.4, 0.5) is 37.7 Å². The third-order valence-corrected chi connectivity index (χ3v) is 3.93. The third kappa shape index (κ3) is 5.34. The van der Waals surface area contributed by atoms with Crippen LogP contribution in [0.5, 0.6) is 0 Å². The Kier molecular flexibility index (Phi) is 6.85. The Morgan fingerprint density at radius 2 is 1.73 bits per heavy atom. The first-order chi connectivity index (χ1) is 13.9. The maximum atomic E-state index is 13.2. The van der Waals surface area contributed by atoms with Crippen molar-refractivity contribution < 1.29 is 50.1 Å². The summed E-state index contributed by atoms with van der Waals surface area (Å²) in [5, 5.41) is 1.98. The average molecular weight is 442 g/mol. The lowest BCUT2D eigenvalue weighted by Gasteiger charge is -2.33. The van der Waals surface area contributed by atoms with E-state index in [1.165, 1.54) is 0 Å². The smallest absolute Gasteiger partial charge is 0.416 e. The predicted octanol–water partition coefficient (Wildman–Crippen LogP) is 3.07. The van der Waals surface area contributed by atoms with Crippen molar-refractivity contribution in [2.75, 3.05) is 44.3 Å². The van der Waals surface area contributed by atoms with Crippen molar-refractivity contribution in [1.29, 1.82) is 0 Å². The van der Waals surface area contributed by atoms with Crippen LogP contribution < -0.4 is 10.2 Å². The highest BCUT2D eigenvalue weighted by Gasteiger charge is 2.37. The molecule has 1 N–H and O–H groups in total. The minimum Gasteiger partial charge on any atom is -0.466 e. The second-order valence-electron chi connectivity index (χ2n) is 5.91. The normalized spacial score (nSPS) is 15.1. The number of nitrogens with zero attached hydrogens (tertiary/aromatic N) is 1. The molecule has 13 heteroatoms. The Hall–Kier alpha value is -2.96. The standard InChI is InChI=1S/C17H16F6N2O5/c1-28-14(26)10-6-30-8-25(13(10)15(27)29-2)12-5-9(17(21,22)23)3-4-11(12)24-7-16(18,19)20/h3-5,24H,6-8H2,1-2H3. The number of methoxy groups -OCH3 is 2. The number of benzene rings is 1. The molecule has 1 heterocycles. The molecule has 30 heavy (non-hydrogen) atoms. The first kappa shape index (κ1) is 23.3. The molecule has 0 aromatic heterocycles. The van der Waals surface area contributed by atoms with Crippen LogP contribution in [0.1, 0.15) is 5.56 Å². The van der Waals surface area contributed by atoms with Gasteiger partial charge in [-0.3, -0.25) is 0 Å². The van der Waals surface area contributed by atoms with Crippen molar-refractivity contribution in [2.24, 2.45) is 0 Å². The molecule has 0 saturated carbocycles. The number of hydrogen-bond donors (Lipinski definition) is 1. The van der Waals surface area contributed by atoms with Crippen LogP contribution in [0.15, 0.2) is 29.5 Å². The number of halogens is 6. The van der Waals surface area contributed by atoms with E-state index in [9.17, 15) is 35.9 Å². The SMILES string of the molecule is COC(=O)C1=C(C(=O)OC)N(c2cc(C(F)(F)F)ccc2NCC(F)(F)F)COC1. The molecule has 0 bridgehead atoms. The summed E-state index contributed by atoms with van der Waals surface area (Å²) < 4.78 is 91.8. The van der Waals surface area contributed by atoms with E-state index in [2.05, 4.69) is 9.47 Å². The van der Waals surface area contributed by atoms with Crippen molar-refractivity contribution in [3.63, 3.8) is 0 Å². The van der Waals surface area contributed by atoms with Gasteiger partial charge in [-0.2, -0.15) is 26.3 Å². The van der Waals surface area contributed by atoms with Gasteiger partial charge in [0.05, 0.1) is 43.3 Å². The Bertz CT molecular complexity index is 850. The van der Waals surface area contributed by atoms with Crippen molar-refractivity contribution >= 4 is 23.3 Å². The molecule has 0 radical (unpaired) electrons. The van der Waals surface area contributed by atoms with Gasteiger partial charge in [0.2, 0.25) is 0 Å². The second-order valence-corrected chi connectivity index (χ2v) is 5.91. The Balaban J connectivity index is 2.67. The fourth-order valence-corrected chi connectivity index (χ4v) is 2.61. The maximum absolute atomic E-state index is 13.2. The lowest BCUT2D eigenvalue weighted by molar-refractivity contribution is -0.140. The average Bonchev–Trinajstić information content (AvgIpc) is 2.69. The summed E-state index contributed by atoms with van der Waals surface area (Å²) in [5.41, 5.74) is -2.92. The molecule has 1 aliphatic rings. The minimum atomic E-state index is -4.83. The van der Waals surface area contributed by atoms with Gasteiger partial charge in [0.25, 0.3) is 0 Å². The Morgan fingerprint density at radius 3 is 2.27 bits per heavy atom. The molecule has 1 aromatic rings. The van der Waals surface area contributed by atoms with Gasteiger partial charge in [-0.1, -0.05) is 0 Å². The molecule has 2 rings (SSSR count).